The molecule has 0 aliphatic heterocycles. The summed E-state index contributed by atoms with van der Waals surface area (Å²) in [6.45, 7) is 0. The van der Waals surface area contributed by atoms with E-state index in [1.807, 2.05) is 48.5 Å². The number of rotatable bonds is 3. The van der Waals surface area contributed by atoms with Gasteiger partial charge in [0.1, 0.15) is 4.83 Å². The standard InChI is InChI=1S/C35H19F6NS/c36-34(37,38)28-16-27(17-29(19-28)35(39,40)41)24-10-8-22-7-9-23(14-26(22)15-24)20-3-5-21(6-4-20)25-11-12-32-31(18-25)30-2-1-13-42-33(30)43-32/h1-19H. The van der Waals surface area contributed by atoms with Crippen molar-refractivity contribution in [2.75, 3.05) is 0 Å². The lowest BCUT2D eigenvalue weighted by molar-refractivity contribution is -0.143. The van der Waals surface area contributed by atoms with Gasteiger partial charge in [-0.25, -0.2) is 4.98 Å². The van der Waals surface area contributed by atoms with E-state index in [1.165, 1.54) is 10.8 Å². The van der Waals surface area contributed by atoms with Crippen LogP contribution < -0.4 is 0 Å². The van der Waals surface area contributed by atoms with E-state index in [0.29, 0.717) is 5.39 Å². The molecule has 0 radical (unpaired) electrons. The number of benzene rings is 5. The van der Waals surface area contributed by atoms with Gasteiger partial charge in [-0.1, -0.05) is 54.6 Å². The number of aromatic nitrogens is 1. The zero-order valence-electron chi connectivity index (χ0n) is 22.1. The van der Waals surface area contributed by atoms with E-state index in [4.69, 9.17) is 0 Å². The molecule has 2 aromatic heterocycles. The predicted molar refractivity (Wildman–Crippen MR) is 161 cm³/mol. The minimum atomic E-state index is -4.91. The number of pyridine rings is 1. The van der Waals surface area contributed by atoms with Crippen LogP contribution in [0.15, 0.2) is 115 Å². The molecule has 7 rings (SSSR count). The molecule has 7 aromatic rings. The highest BCUT2D eigenvalue weighted by molar-refractivity contribution is 7.25. The lowest BCUT2D eigenvalue weighted by Gasteiger charge is -2.15. The molecular weight excluding hydrogens is 580 g/mol. The molecule has 5 aromatic carbocycles. The number of thiophene rings is 1. The van der Waals surface area contributed by atoms with Crippen molar-refractivity contribution in [2.24, 2.45) is 0 Å². The molecule has 0 unspecified atom stereocenters. The molecule has 0 spiro atoms. The monoisotopic (exact) mass is 599 g/mol. The quantitative estimate of drug-likeness (QED) is 0.184. The van der Waals surface area contributed by atoms with Gasteiger partial charge < -0.3 is 0 Å². The molecule has 0 saturated heterocycles. The molecule has 0 aliphatic rings. The number of hydrogen-bond acceptors (Lipinski definition) is 2. The SMILES string of the molecule is FC(F)(F)c1cc(-c2ccc3ccc(-c4ccc(-c5ccc6sc7ncccc7c6c5)cc4)cc3c2)cc(C(F)(F)F)c1. The Kier molecular flexibility index (Phi) is 6.29. The lowest BCUT2D eigenvalue weighted by atomic mass is 9.95. The third-order valence-corrected chi connectivity index (χ3v) is 8.65. The average Bonchev–Trinajstić information content (AvgIpc) is 3.37. The van der Waals surface area contributed by atoms with Crippen LogP contribution in [0.1, 0.15) is 11.1 Å². The summed E-state index contributed by atoms with van der Waals surface area (Å²) >= 11 is 1.66. The molecule has 2 heterocycles. The number of hydrogen-bond donors (Lipinski definition) is 0. The Morgan fingerprint density at radius 3 is 1.60 bits per heavy atom. The van der Waals surface area contributed by atoms with Crippen molar-refractivity contribution in [3.8, 4) is 33.4 Å². The van der Waals surface area contributed by atoms with Gasteiger partial charge in [0.2, 0.25) is 0 Å². The van der Waals surface area contributed by atoms with Crippen LogP contribution in [0.5, 0.6) is 0 Å². The Morgan fingerprint density at radius 2 is 1.00 bits per heavy atom. The van der Waals surface area contributed by atoms with E-state index < -0.39 is 23.5 Å². The summed E-state index contributed by atoms with van der Waals surface area (Å²) in [6.07, 6.45) is -8.03. The van der Waals surface area contributed by atoms with Crippen LogP contribution in [-0.4, -0.2) is 4.98 Å². The van der Waals surface area contributed by atoms with E-state index >= 15 is 0 Å². The van der Waals surface area contributed by atoms with E-state index in [2.05, 4.69) is 29.2 Å². The van der Waals surface area contributed by atoms with Gasteiger partial charge in [0.05, 0.1) is 11.1 Å². The fourth-order valence-electron chi connectivity index (χ4n) is 5.37. The summed E-state index contributed by atoms with van der Waals surface area (Å²) in [7, 11) is 0. The smallest absolute Gasteiger partial charge is 0.245 e. The van der Waals surface area contributed by atoms with E-state index in [0.717, 1.165) is 55.4 Å². The summed E-state index contributed by atoms with van der Waals surface area (Å²) in [5.74, 6) is 0. The molecule has 0 saturated carbocycles. The molecule has 212 valence electrons. The summed E-state index contributed by atoms with van der Waals surface area (Å²) in [6, 6.07) is 30.7. The van der Waals surface area contributed by atoms with Crippen molar-refractivity contribution in [2.45, 2.75) is 12.4 Å². The van der Waals surface area contributed by atoms with Crippen molar-refractivity contribution in [1.82, 2.24) is 4.98 Å². The van der Waals surface area contributed by atoms with Crippen LogP contribution >= 0.6 is 11.3 Å². The number of halogens is 6. The summed E-state index contributed by atoms with van der Waals surface area (Å²) < 4.78 is 81.7. The molecule has 0 fully saturated rings. The maximum absolute atomic E-state index is 13.4. The van der Waals surface area contributed by atoms with E-state index in [1.54, 1.807) is 29.7 Å². The topological polar surface area (TPSA) is 12.9 Å². The van der Waals surface area contributed by atoms with Gasteiger partial charge in [0.15, 0.2) is 0 Å². The van der Waals surface area contributed by atoms with Crippen LogP contribution in [0.2, 0.25) is 0 Å². The van der Waals surface area contributed by atoms with Crippen LogP contribution in [0.25, 0.3) is 64.5 Å². The highest BCUT2D eigenvalue weighted by Crippen LogP contribution is 2.40. The Labute approximate surface area is 245 Å². The van der Waals surface area contributed by atoms with E-state index in [9.17, 15) is 26.3 Å². The third-order valence-electron chi connectivity index (χ3n) is 7.56. The van der Waals surface area contributed by atoms with Gasteiger partial charge in [-0.05, 0) is 98.8 Å². The van der Waals surface area contributed by atoms with Crippen LogP contribution in [0, 0.1) is 0 Å². The second-order valence-electron chi connectivity index (χ2n) is 10.3. The van der Waals surface area contributed by atoms with Gasteiger partial charge in [0, 0.05) is 21.7 Å². The summed E-state index contributed by atoms with van der Waals surface area (Å²) in [4.78, 5) is 5.46. The molecule has 0 atom stereocenters. The first kappa shape index (κ1) is 27.2. The largest absolute Gasteiger partial charge is 0.416 e. The average molecular weight is 600 g/mol. The molecule has 8 heteroatoms. The highest BCUT2D eigenvalue weighted by Gasteiger charge is 2.37. The van der Waals surface area contributed by atoms with E-state index in [-0.39, 0.29) is 17.2 Å². The Balaban J connectivity index is 1.24. The van der Waals surface area contributed by atoms with Crippen molar-refractivity contribution < 1.29 is 26.3 Å². The maximum Gasteiger partial charge on any atom is 0.416 e. The zero-order chi connectivity index (χ0) is 29.9. The molecular formula is C35H19F6NS. The molecule has 0 aliphatic carbocycles. The Hall–Kier alpha value is -4.69. The van der Waals surface area contributed by atoms with Crippen LogP contribution in [0.4, 0.5) is 26.3 Å². The minimum absolute atomic E-state index is 0.143. The summed E-state index contributed by atoms with van der Waals surface area (Å²) in [5.41, 5.74) is 1.37. The van der Waals surface area contributed by atoms with Crippen molar-refractivity contribution in [3.05, 3.63) is 127 Å². The van der Waals surface area contributed by atoms with Crippen LogP contribution in [0.3, 0.4) is 0 Å². The Morgan fingerprint density at radius 1 is 0.465 bits per heavy atom. The van der Waals surface area contributed by atoms with Crippen molar-refractivity contribution in [1.29, 1.82) is 0 Å². The summed E-state index contributed by atoms with van der Waals surface area (Å²) in [5, 5.41) is 3.80. The molecule has 43 heavy (non-hydrogen) atoms. The van der Waals surface area contributed by atoms with Gasteiger partial charge in [0.25, 0.3) is 0 Å². The lowest BCUT2D eigenvalue weighted by Crippen LogP contribution is -2.11. The normalized spacial score (nSPS) is 12.4. The highest BCUT2D eigenvalue weighted by atomic mass is 32.1. The molecule has 1 nitrogen and oxygen atoms in total. The van der Waals surface area contributed by atoms with Gasteiger partial charge >= 0.3 is 12.4 Å². The third kappa shape index (κ3) is 5.12. The fourth-order valence-corrected chi connectivity index (χ4v) is 6.40. The van der Waals surface area contributed by atoms with Crippen molar-refractivity contribution in [3.63, 3.8) is 0 Å². The first-order valence-electron chi connectivity index (χ1n) is 13.2. The second-order valence-corrected chi connectivity index (χ2v) is 11.3. The fraction of sp³-hybridized carbons (Fsp3) is 0.0571. The molecule has 0 bridgehead atoms. The van der Waals surface area contributed by atoms with Gasteiger partial charge in [-0.2, -0.15) is 26.3 Å². The minimum Gasteiger partial charge on any atom is -0.245 e. The zero-order valence-corrected chi connectivity index (χ0v) is 22.9. The number of fused-ring (bicyclic) bond motifs is 4. The maximum atomic E-state index is 13.4. The van der Waals surface area contributed by atoms with Gasteiger partial charge in [-0.3, -0.25) is 0 Å². The van der Waals surface area contributed by atoms with Gasteiger partial charge in [-0.15, -0.1) is 11.3 Å². The van der Waals surface area contributed by atoms with Crippen molar-refractivity contribution >= 4 is 42.4 Å². The molecule has 0 N–H and O–H groups in total. The van der Waals surface area contributed by atoms with Crippen LogP contribution in [-0.2, 0) is 12.4 Å². The first-order valence-corrected chi connectivity index (χ1v) is 14.1. The molecule has 0 amide bonds. The number of alkyl halides is 6. The second kappa shape index (κ2) is 9.95. The number of nitrogens with zero attached hydrogens (tertiary/aromatic N) is 1. The Bertz CT molecular complexity index is 2130. The first-order chi connectivity index (χ1) is 20.5. The predicted octanol–water partition coefficient (Wildman–Crippen LogP) is 11.6.